The smallest absolute Gasteiger partial charge is 0.462 e. The fraction of sp³-hybridized carbons (Fsp3) is 0.680. The number of hydrogen-bond donors (Lipinski definition) is 5. The molecule has 1 aromatic rings. The van der Waals surface area contributed by atoms with Gasteiger partial charge >= 0.3 is 33.3 Å². The van der Waals surface area contributed by atoms with Crippen molar-refractivity contribution in [1.82, 2.24) is 9.55 Å². The van der Waals surface area contributed by atoms with E-state index in [1.807, 2.05) is 0 Å². The average Bonchev–Trinajstić information content (AvgIpc) is 4.01. The van der Waals surface area contributed by atoms with Gasteiger partial charge < -0.3 is 44.7 Å². The molecule has 6 N–H and O–H groups in total. The summed E-state index contributed by atoms with van der Waals surface area (Å²) in [6, 6.07) is 1.24. The summed E-state index contributed by atoms with van der Waals surface area (Å²) in [6.07, 6.45) is 34.6. The van der Waals surface area contributed by atoms with Crippen LogP contribution in [0.1, 0.15) is 161 Å². The molecule has 3 rings (SSSR count). The number of nitrogen functional groups attached to an aromatic ring is 1. The van der Waals surface area contributed by atoms with Gasteiger partial charge in [0.1, 0.15) is 30.7 Å². The first-order valence-electron chi connectivity index (χ1n) is 25.4. The lowest BCUT2D eigenvalue weighted by Crippen LogP contribution is -2.36. The van der Waals surface area contributed by atoms with Crippen molar-refractivity contribution in [3.8, 4) is 0 Å². The van der Waals surface area contributed by atoms with Gasteiger partial charge in [0, 0.05) is 19.0 Å². The van der Waals surface area contributed by atoms with Crippen LogP contribution in [0.4, 0.5) is 5.82 Å². The Morgan fingerprint density at radius 1 is 0.718 bits per heavy atom. The number of aliphatic hydroxyl groups excluding tert-OH is 2. The van der Waals surface area contributed by atoms with Crippen LogP contribution in [0.15, 0.2) is 77.8 Å². The van der Waals surface area contributed by atoms with Crippen LogP contribution in [-0.4, -0.2) is 97.9 Å². The quantitative estimate of drug-likeness (QED) is 0.0102. The number of hydrogen-bond acceptors (Lipinski definition) is 16. The molecule has 21 heteroatoms. The van der Waals surface area contributed by atoms with Gasteiger partial charge in [0.05, 0.1) is 25.4 Å². The molecule has 2 fully saturated rings. The third kappa shape index (κ3) is 27.9. The SMILES string of the molecule is CCCCC/C=C\C/C=C\C/C=C\CC1OC1CCCC(=O)OC[C@H](COP(=O)(O)OP(=O)(O)OC[C@H]1O[C@@H](n2ccc(N)nc2=O)[C@H](O)[C@@H]1O)OC(=O)CCCCCCC/C=C\C=C/CCCCCC. The van der Waals surface area contributed by atoms with Crippen LogP contribution >= 0.6 is 15.6 Å². The van der Waals surface area contributed by atoms with Gasteiger partial charge in [-0.3, -0.25) is 23.2 Å². The van der Waals surface area contributed by atoms with Gasteiger partial charge in [-0.25, -0.2) is 13.9 Å². The number of phosphoric acid groups is 2. The maximum absolute atomic E-state index is 12.9. The lowest BCUT2D eigenvalue weighted by molar-refractivity contribution is -0.161. The van der Waals surface area contributed by atoms with Crippen molar-refractivity contribution >= 4 is 33.4 Å². The highest BCUT2D eigenvalue weighted by Crippen LogP contribution is 2.60. The minimum atomic E-state index is -5.45. The monoisotopic (exact) mass is 1040 g/mol. The number of carbonyl (C=O) groups excluding carboxylic acids is 2. The average molecular weight is 1040 g/mol. The molecule has 0 spiro atoms. The topological polar surface area (TPSA) is 278 Å². The number of esters is 2. The van der Waals surface area contributed by atoms with E-state index in [9.17, 15) is 43.5 Å². The molecule has 0 radical (unpaired) electrons. The second kappa shape index (κ2) is 35.6. The van der Waals surface area contributed by atoms with Crippen LogP contribution < -0.4 is 11.4 Å². The van der Waals surface area contributed by atoms with Crippen molar-refractivity contribution in [2.24, 2.45) is 0 Å². The maximum atomic E-state index is 12.9. The summed E-state index contributed by atoms with van der Waals surface area (Å²) in [6.45, 7) is 2.01. The Morgan fingerprint density at radius 3 is 2.01 bits per heavy atom. The van der Waals surface area contributed by atoms with Gasteiger partial charge in [-0.2, -0.15) is 9.29 Å². The number of anilines is 1. The molecule has 0 aliphatic carbocycles. The summed E-state index contributed by atoms with van der Waals surface area (Å²) in [5.74, 6) is -1.40. The number of allylic oxidation sites excluding steroid dienone is 9. The molecule has 1 aromatic heterocycles. The van der Waals surface area contributed by atoms with E-state index in [4.69, 9.17) is 33.7 Å². The summed E-state index contributed by atoms with van der Waals surface area (Å²) >= 11 is 0. The zero-order chi connectivity index (χ0) is 51.7. The van der Waals surface area contributed by atoms with E-state index in [1.54, 1.807) is 0 Å². The number of carbonyl (C=O) groups is 2. The molecule has 0 bridgehead atoms. The van der Waals surface area contributed by atoms with Crippen molar-refractivity contribution < 1.29 is 71.0 Å². The van der Waals surface area contributed by atoms with E-state index in [2.05, 4.69) is 83.9 Å². The number of nitrogens with two attached hydrogens (primary N) is 1. The summed E-state index contributed by atoms with van der Waals surface area (Å²) in [7, 11) is -10.9. The second-order valence-corrected chi connectivity index (χ2v) is 20.8. The molecule has 3 heterocycles. The van der Waals surface area contributed by atoms with Crippen molar-refractivity contribution in [3.05, 3.63) is 83.5 Å². The lowest BCUT2D eigenvalue weighted by atomic mass is 10.1. The zero-order valence-corrected chi connectivity index (χ0v) is 43.5. The molecule has 2 saturated heterocycles. The number of epoxide rings is 1. The first kappa shape index (κ1) is 61.7. The molecule has 9 atom stereocenters. The van der Waals surface area contributed by atoms with Gasteiger partial charge in [0.2, 0.25) is 0 Å². The summed E-state index contributed by atoms with van der Waals surface area (Å²) in [4.78, 5) is 62.0. The number of nitrogens with zero attached hydrogens (tertiary/aromatic N) is 2. The minimum absolute atomic E-state index is 0.0137. The Balaban J connectivity index is 1.43. The van der Waals surface area contributed by atoms with Gasteiger partial charge in [0.15, 0.2) is 12.3 Å². The van der Waals surface area contributed by atoms with Crippen molar-refractivity contribution in [2.45, 2.75) is 198 Å². The Bertz CT molecular complexity index is 1990. The van der Waals surface area contributed by atoms with Crippen LogP contribution in [0.25, 0.3) is 0 Å². The highest BCUT2D eigenvalue weighted by molar-refractivity contribution is 7.61. The third-order valence-corrected chi connectivity index (χ3v) is 14.1. The van der Waals surface area contributed by atoms with E-state index in [0.29, 0.717) is 19.3 Å². The molecule has 0 amide bonds. The van der Waals surface area contributed by atoms with Crippen LogP contribution in [0.5, 0.6) is 0 Å². The van der Waals surface area contributed by atoms with Gasteiger partial charge in [-0.15, -0.1) is 0 Å². The summed E-state index contributed by atoms with van der Waals surface area (Å²) in [5, 5.41) is 20.9. The van der Waals surface area contributed by atoms with Crippen molar-refractivity contribution in [2.75, 3.05) is 25.6 Å². The van der Waals surface area contributed by atoms with E-state index < -0.39 is 83.7 Å². The predicted octanol–water partition coefficient (Wildman–Crippen LogP) is 9.32. The maximum Gasteiger partial charge on any atom is 0.481 e. The number of rotatable bonds is 40. The first-order chi connectivity index (χ1) is 34.1. The van der Waals surface area contributed by atoms with Crippen molar-refractivity contribution in [3.63, 3.8) is 0 Å². The fourth-order valence-corrected chi connectivity index (χ4v) is 9.56. The molecule has 19 nitrogen and oxygen atoms in total. The standard InChI is InChI=1S/C50H81N3O16P2/c1-3-5-7-9-11-13-15-17-18-19-21-23-25-27-29-33-46(55)66-40(37-63-45(54)34-30-32-42-41(67-42)31-28-26-24-22-20-16-14-12-10-8-6-4-2)38-64-70(59,60)69-71(61,62)65-39-43-47(56)48(57)49(68-43)53-36-35-44(51)52-50(53)58/h12-15,17-18,20,22,26,28,35-36,40-43,47-49,56-57H,3-11,16,19,21,23-25,27,29-34,37-39H2,1-2H3,(H,59,60)(H,61,62)(H2,51,52,58)/b14-12-,15-13-,18-17-,22-20-,28-26-/t40-,41?,42?,43-,47-,48-,49-/m1/s1. The van der Waals surface area contributed by atoms with E-state index >= 15 is 0 Å². The molecule has 4 unspecified atom stereocenters. The Kier molecular flexibility index (Phi) is 30.9. The van der Waals surface area contributed by atoms with E-state index in [-0.39, 0.29) is 30.9 Å². The van der Waals surface area contributed by atoms with Crippen LogP contribution in [0.3, 0.4) is 0 Å². The summed E-state index contributed by atoms with van der Waals surface area (Å²) in [5.41, 5.74) is 4.58. The lowest BCUT2D eigenvalue weighted by Gasteiger charge is -2.21. The van der Waals surface area contributed by atoms with Crippen LogP contribution in [0, 0.1) is 0 Å². The number of aliphatic hydroxyl groups is 2. The third-order valence-electron chi connectivity index (χ3n) is 11.5. The molecule has 71 heavy (non-hydrogen) atoms. The van der Waals surface area contributed by atoms with Gasteiger partial charge in [-0.1, -0.05) is 126 Å². The zero-order valence-electron chi connectivity index (χ0n) is 41.7. The molecule has 402 valence electrons. The first-order valence-corrected chi connectivity index (χ1v) is 28.4. The molecule has 2 aliphatic rings. The van der Waals surface area contributed by atoms with Crippen LogP contribution in [-0.2, 0) is 51.0 Å². The van der Waals surface area contributed by atoms with Crippen molar-refractivity contribution in [1.29, 1.82) is 0 Å². The minimum Gasteiger partial charge on any atom is -0.462 e. The summed E-state index contributed by atoms with van der Waals surface area (Å²) < 4.78 is 62.5. The highest BCUT2D eigenvalue weighted by atomic mass is 31.3. The fourth-order valence-electron chi connectivity index (χ4n) is 7.45. The molecular weight excluding hydrogens is 961 g/mol. The molecule has 0 saturated carbocycles. The Morgan fingerprint density at radius 2 is 1.31 bits per heavy atom. The molecule has 2 aliphatic heterocycles. The van der Waals surface area contributed by atoms with Crippen LogP contribution in [0.2, 0.25) is 0 Å². The Hall–Kier alpha value is -3.58. The number of aromatic nitrogens is 2. The number of ether oxygens (including phenoxy) is 4. The highest BCUT2D eigenvalue weighted by Gasteiger charge is 2.46. The van der Waals surface area contributed by atoms with Gasteiger partial charge in [-0.05, 0) is 83.1 Å². The largest absolute Gasteiger partial charge is 0.481 e. The predicted molar refractivity (Wildman–Crippen MR) is 270 cm³/mol. The molecular formula is C50H81N3O16P2. The normalized spacial score (nSPS) is 22.5. The second-order valence-electron chi connectivity index (χ2n) is 17.7. The molecule has 0 aromatic carbocycles. The number of phosphoric ester groups is 2. The van der Waals surface area contributed by atoms with E-state index in [1.165, 1.54) is 51.0 Å². The number of unbranched alkanes of at least 4 members (excludes halogenated alkanes) is 12. The Labute approximate surface area is 419 Å². The van der Waals surface area contributed by atoms with E-state index in [0.717, 1.165) is 75.0 Å². The van der Waals surface area contributed by atoms with Gasteiger partial charge in [0.25, 0.3) is 0 Å².